The van der Waals surface area contributed by atoms with Crippen LogP contribution in [0.3, 0.4) is 0 Å². The number of carbonyl (C=O) groups is 2. The number of fused-ring (bicyclic) bond motifs is 2. The van der Waals surface area contributed by atoms with Gasteiger partial charge in [-0.05, 0) is 75.6 Å². The number of likely N-dealkylation sites (tertiary alicyclic amines) is 1. The molecule has 4 aromatic rings. The third kappa shape index (κ3) is 5.73. The lowest BCUT2D eigenvalue weighted by Gasteiger charge is -2.38. The standard InChI is InChI=1S/C30H37N11O3/c42-24-5-4-23(29(43)36-24)41-30(44)25-21(37-38-41)2-1-3-22(25)40-14-9-20(10-15-40)16-39-12-7-19(8-13-39)6-11-31-27-26-28(33-17-32-26)35-18-34-27/h1-3,17-20,23H,4-16H2,(H,36,42,43)(H2,31,32,33,34,35). The maximum atomic E-state index is 13.6. The summed E-state index contributed by atoms with van der Waals surface area (Å²) in [6.45, 7) is 5.96. The predicted octanol–water partition coefficient (Wildman–Crippen LogP) is 1.87. The van der Waals surface area contributed by atoms with Gasteiger partial charge in [0, 0.05) is 32.6 Å². The monoisotopic (exact) mass is 599 g/mol. The molecule has 3 aliphatic heterocycles. The summed E-state index contributed by atoms with van der Waals surface area (Å²) in [5, 5.41) is 14.6. The second kappa shape index (κ2) is 12.3. The molecular formula is C30H37N11O3. The maximum Gasteiger partial charge on any atom is 0.280 e. The maximum absolute atomic E-state index is 13.6. The molecule has 14 nitrogen and oxygen atoms in total. The van der Waals surface area contributed by atoms with Crippen molar-refractivity contribution in [1.82, 2.24) is 45.1 Å². The minimum Gasteiger partial charge on any atom is -0.371 e. The van der Waals surface area contributed by atoms with E-state index in [2.05, 4.69) is 50.7 Å². The van der Waals surface area contributed by atoms with Crippen LogP contribution in [0.5, 0.6) is 0 Å². The van der Waals surface area contributed by atoms with Crippen LogP contribution in [0, 0.1) is 11.8 Å². The number of benzene rings is 1. The van der Waals surface area contributed by atoms with E-state index in [-0.39, 0.29) is 24.3 Å². The van der Waals surface area contributed by atoms with E-state index in [1.54, 1.807) is 18.7 Å². The van der Waals surface area contributed by atoms with Crippen LogP contribution >= 0.6 is 0 Å². The fourth-order valence-electron chi connectivity index (χ4n) is 6.93. The van der Waals surface area contributed by atoms with Gasteiger partial charge in [0.25, 0.3) is 11.5 Å². The molecule has 0 bridgehead atoms. The molecule has 0 radical (unpaired) electrons. The van der Waals surface area contributed by atoms with Gasteiger partial charge < -0.3 is 20.1 Å². The van der Waals surface area contributed by atoms with E-state index < -0.39 is 11.9 Å². The first-order chi connectivity index (χ1) is 21.5. The summed E-state index contributed by atoms with van der Waals surface area (Å²) >= 11 is 0. The third-order valence-electron chi connectivity index (χ3n) is 9.44. The number of amides is 2. The molecule has 3 aromatic heterocycles. The van der Waals surface area contributed by atoms with E-state index in [1.807, 2.05) is 12.1 Å². The van der Waals surface area contributed by atoms with Gasteiger partial charge in [-0.1, -0.05) is 11.3 Å². The van der Waals surface area contributed by atoms with E-state index in [4.69, 9.17) is 0 Å². The highest BCUT2D eigenvalue weighted by Gasteiger charge is 2.31. The van der Waals surface area contributed by atoms with Crippen molar-refractivity contribution in [3.63, 3.8) is 0 Å². The van der Waals surface area contributed by atoms with Gasteiger partial charge in [-0.2, -0.15) is 4.68 Å². The Balaban J connectivity index is 0.912. The van der Waals surface area contributed by atoms with Crippen molar-refractivity contribution in [2.24, 2.45) is 11.8 Å². The van der Waals surface area contributed by atoms with Gasteiger partial charge in [-0.15, -0.1) is 5.10 Å². The van der Waals surface area contributed by atoms with Crippen molar-refractivity contribution in [3.05, 3.63) is 41.2 Å². The lowest BCUT2D eigenvalue weighted by Crippen LogP contribution is -2.45. The van der Waals surface area contributed by atoms with Crippen molar-refractivity contribution >= 4 is 45.4 Å². The van der Waals surface area contributed by atoms with Crippen molar-refractivity contribution in [1.29, 1.82) is 0 Å². The van der Waals surface area contributed by atoms with Crippen molar-refractivity contribution in [2.45, 2.75) is 51.0 Å². The van der Waals surface area contributed by atoms with Crippen LogP contribution in [0.15, 0.2) is 35.6 Å². The largest absolute Gasteiger partial charge is 0.371 e. The normalized spacial score (nSPS) is 20.8. The van der Waals surface area contributed by atoms with Gasteiger partial charge in [0.1, 0.15) is 23.4 Å². The molecule has 230 valence electrons. The molecule has 1 unspecified atom stereocenters. The fraction of sp³-hybridized carbons (Fsp3) is 0.533. The number of nitrogens with one attached hydrogen (secondary N) is 3. The van der Waals surface area contributed by atoms with Crippen molar-refractivity contribution < 1.29 is 9.59 Å². The topological polar surface area (TPSA) is 167 Å². The first-order valence-corrected chi connectivity index (χ1v) is 15.6. The number of rotatable bonds is 8. The highest BCUT2D eigenvalue weighted by atomic mass is 16.2. The number of nitrogens with zero attached hydrogens (tertiary/aromatic N) is 8. The number of piperidine rings is 3. The van der Waals surface area contributed by atoms with E-state index in [9.17, 15) is 14.4 Å². The molecule has 0 aliphatic carbocycles. The number of anilines is 2. The highest BCUT2D eigenvalue weighted by molar-refractivity contribution is 5.99. The van der Waals surface area contributed by atoms with E-state index in [0.29, 0.717) is 22.7 Å². The number of aromatic amines is 1. The van der Waals surface area contributed by atoms with Crippen LogP contribution < -0.4 is 21.1 Å². The fourth-order valence-corrected chi connectivity index (χ4v) is 6.93. The molecule has 2 amide bonds. The first-order valence-electron chi connectivity index (χ1n) is 15.6. The minimum absolute atomic E-state index is 0.173. The molecule has 7 rings (SSSR count). The lowest BCUT2D eigenvalue weighted by molar-refractivity contribution is -0.136. The molecule has 0 spiro atoms. The van der Waals surface area contributed by atoms with Gasteiger partial charge in [0.2, 0.25) is 5.91 Å². The van der Waals surface area contributed by atoms with Gasteiger partial charge >= 0.3 is 0 Å². The summed E-state index contributed by atoms with van der Waals surface area (Å²) in [5.74, 6) is 1.28. The summed E-state index contributed by atoms with van der Waals surface area (Å²) in [5.41, 5.74) is 2.55. The van der Waals surface area contributed by atoms with Crippen LogP contribution in [0.2, 0.25) is 0 Å². The van der Waals surface area contributed by atoms with E-state index in [0.717, 1.165) is 85.9 Å². The summed E-state index contributed by atoms with van der Waals surface area (Å²) in [4.78, 5) is 58.4. The summed E-state index contributed by atoms with van der Waals surface area (Å²) in [6, 6.07) is 4.81. The van der Waals surface area contributed by atoms with Crippen LogP contribution in [-0.2, 0) is 9.59 Å². The number of hydrogen-bond donors (Lipinski definition) is 3. The Bertz CT molecular complexity index is 1720. The molecule has 1 aromatic carbocycles. The number of imide groups is 1. The molecule has 3 saturated heterocycles. The molecule has 3 aliphatic rings. The van der Waals surface area contributed by atoms with Crippen LogP contribution in [0.25, 0.3) is 22.1 Å². The summed E-state index contributed by atoms with van der Waals surface area (Å²) in [6.07, 6.45) is 9.26. The van der Waals surface area contributed by atoms with Gasteiger partial charge in [-0.3, -0.25) is 19.7 Å². The Morgan fingerprint density at radius 2 is 1.75 bits per heavy atom. The van der Waals surface area contributed by atoms with E-state index in [1.165, 1.54) is 12.8 Å². The number of H-pyrrole nitrogens is 1. The van der Waals surface area contributed by atoms with Gasteiger partial charge in [0.05, 0.1) is 17.4 Å². The number of hydrogen-bond acceptors (Lipinski definition) is 11. The number of aromatic nitrogens is 7. The Morgan fingerprint density at radius 1 is 0.932 bits per heavy atom. The zero-order chi connectivity index (χ0) is 30.0. The Kier molecular flexibility index (Phi) is 7.90. The van der Waals surface area contributed by atoms with Crippen LogP contribution in [0.1, 0.15) is 51.0 Å². The van der Waals surface area contributed by atoms with Crippen LogP contribution in [0.4, 0.5) is 11.5 Å². The summed E-state index contributed by atoms with van der Waals surface area (Å²) in [7, 11) is 0. The molecule has 3 fully saturated rings. The van der Waals surface area contributed by atoms with Gasteiger partial charge in [0.15, 0.2) is 11.5 Å². The average molecular weight is 600 g/mol. The zero-order valence-corrected chi connectivity index (χ0v) is 24.6. The van der Waals surface area contributed by atoms with Crippen LogP contribution in [-0.4, -0.2) is 90.9 Å². The smallest absolute Gasteiger partial charge is 0.280 e. The second-order valence-electron chi connectivity index (χ2n) is 12.2. The minimum atomic E-state index is -0.831. The summed E-state index contributed by atoms with van der Waals surface area (Å²) < 4.78 is 1.15. The van der Waals surface area contributed by atoms with E-state index >= 15 is 0 Å². The second-order valence-corrected chi connectivity index (χ2v) is 12.2. The number of carbonyl (C=O) groups excluding carboxylic acids is 2. The Hall–Kier alpha value is -4.46. The Labute approximate surface area is 253 Å². The highest BCUT2D eigenvalue weighted by Crippen LogP contribution is 2.30. The molecule has 6 heterocycles. The quantitative estimate of drug-likeness (QED) is 0.253. The predicted molar refractivity (Wildman–Crippen MR) is 164 cm³/mol. The molecular weight excluding hydrogens is 562 g/mol. The molecule has 3 N–H and O–H groups in total. The van der Waals surface area contributed by atoms with Gasteiger partial charge in [-0.25, -0.2) is 15.0 Å². The average Bonchev–Trinajstić information content (AvgIpc) is 3.53. The van der Waals surface area contributed by atoms with Crippen molar-refractivity contribution in [3.8, 4) is 0 Å². The zero-order valence-electron chi connectivity index (χ0n) is 24.6. The SMILES string of the molecule is O=C1CCC(n2nnc3cccc(N4CCC(CN5CCC(CCNc6ncnc7[nH]cnc67)CC5)CC4)c3c2=O)C(=O)N1. The first kappa shape index (κ1) is 28.3. The molecule has 14 heteroatoms. The molecule has 0 saturated carbocycles. The molecule has 44 heavy (non-hydrogen) atoms. The molecule has 1 atom stereocenters. The number of imidazole rings is 1. The third-order valence-corrected chi connectivity index (χ3v) is 9.44. The lowest BCUT2D eigenvalue weighted by atomic mass is 9.91. The van der Waals surface area contributed by atoms with Crippen molar-refractivity contribution in [2.75, 3.05) is 49.5 Å². The Morgan fingerprint density at radius 3 is 2.57 bits per heavy atom.